The quantitative estimate of drug-likeness (QED) is 0.298. The number of furan rings is 1. The minimum Gasteiger partial charge on any atom is -0.469 e. The predicted octanol–water partition coefficient (Wildman–Crippen LogP) is 2.18. The van der Waals surface area contributed by atoms with E-state index >= 15 is 0 Å². The van der Waals surface area contributed by atoms with Crippen LogP contribution in [0.4, 0.5) is 0 Å². The highest BCUT2D eigenvalue weighted by atomic mass is 16.5. The van der Waals surface area contributed by atoms with Gasteiger partial charge in [0.15, 0.2) is 5.96 Å². The molecule has 152 valence electrons. The summed E-state index contributed by atoms with van der Waals surface area (Å²) >= 11 is 0. The molecule has 0 spiro atoms. The Labute approximate surface area is 162 Å². The summed E-state index contributed by atoms with van der Waals surface area (Å²) in [5.74, 6) is 1.51. The standard InChI is InChI=1S/C20H34N4O3/c1-24(2)19(25)16-23-20(21-12-11-18-10-7-14-26-18)22-13-15-27-17-8-5-3-4-6-9-17/h7,10,14,17H,3-6,8-9,11-13,15-16H2,1-2H3,(H2,21,22,23). The molecule has 27 heavy (non-hydrogen) atoms. The molecule has 0 unspecified atom stereocenters. The Morgan fingerprint density at radius 1 is 1.22 bits per heavy atom. The van der Waals surface area contributed by atoms with Crippen LogP contribution in [0.2, 0.25) is 0 Å². The zero-order valence-electron chi connectivity index (χ0n) is 16.7. The molecule has 1 fully saturated rings. The van der Waals surface area contributed by atoms with Crippen molar-refractivity contribution in [2.45, 2.75) is 51.0 Å². The summed E-state index contributed by atoms with van der Waals surface area (Å²) in [7, 11) is 3.46. The van der Waals surface area contributed by atoms with Crippen LogP contribution in [0.5, 0.6) is 0 Å². The van der Waals surface area contributed by atoms with Gasteiger partial charge in [-0.1, -0.05) is 25.7 Å². The Morgan fingerprint density at radius 2 is 1.96 bits per heavy atom. The van der Waals surface area contributed by atoms with Crippen LogP contribution in [-0.4, -0.2) is 63.2 Å². The maximum atomic E-state index is 11.8. The normalized spacial score (nSPS) is 16.0. The van der Waals surface area contributed by atoms with Crippen LogP contribution in [0.15, 0.2) is 27.8 Å². The molecule has 1 aliphatic carbocycles. The SMILES string of the molecule is CN(C)C(=O)CN=C(NCCOC1CCCCCC1)NCCc1ccco1. The molecule has 1 aliphatic rings. The van der Waals surface area contributed by atoms with Crippen LogP contribution in [0.3, 0.4) is 0 Å². The lowest BCUT2D eigenvalue weighted by molar-refractivity contribution is -0.127. The Bertz CT molecular complexity index is 550. The summed E-state index contributed by atoms with van der Waals surface area (Å²) in [5, 5.41) is 6.52. The van der Waals surface area contributed by atoms with Gasteiger partial charge in [0.2, 0.25) is 5.91 Å². The average molecular weight is 379 g/mol. The van der Waals surface area contributed by atoms with Crippen molar-refractivity contribution in [1.82, 2.24) is 15.5 Å². The van der Waals surface area contributed by atoms with Crippen molar-refractivity contribution in [2.24, 2.45) is 4.99 Å². The van der Waals surface area contributed by atoms with E-state index in [9.17, 15) is 4.79 Å². The molecule has 1 aromatic rings. The minimum absolute atomic E-state index is 0.0307. The molecule has 7 nitrogen and oxygen atoms in total. The van der Waals surface area contributed by atoms with Crippen molar-refractivity contribution >= 4 is 11.9 Å². The molecule has 1 amide bonds. The van der Waals surface area contributed by atoms with Crippen molar-refractivity contribution in [3.63, 3.8) is 0 Å². The third-order valence-corrected chi connectivity index (χ3v) is 4.67. The van der Waals surface area contributed by atoms with Gasteiger partial charge in [-0.25, -0.2) is 4.99 Å². The van der Waals surface area contributed by atoms with E-state index < -0.39 is 0 Å². The highest BCUT2D eigenvalue weighted by molar-refractivity contribution is 5.84. The molecule has 0 saturated heterocycles. The monoisotopic (exact) mass is 378 g/mol. The van der Waals surface area contributed by atoms with Gasteiger partial charge in [0.25, 0.3) is 0 Å². The second-order valence-corrected chi connectivity index (χ2v) is 7.12. The summed E-state index contributed by atoms with van der Waals surface area (Å²) in [5.41, 5.74) is 0. The summed E-state index contributed by atoms with van der Waals surface area (Å²) < 4.78 is 11.3. The zero-order chi connectivity index (χ0) is 19.3. The smallest absolute Gasteiger partial charge is 0.243 e. The third-order valence-electron chi connectivity index (χ3n) is 4.67. The number of amides is 1. The number of guanidine groups is 1. The molecule has 0 aliphatic heterocycles. The summed E-state index contributed by atoms with van der Waals surface area (Å²) in [6, 6.07) is 3.82. The Hall–Kier alpha value is -2.02. The van der Waals surface area contributed by atoms with Crippen LogP contribution >= 0.6 is 0 Å². The van der Waals surface area contributed by atoms with Gasteiger partial charge in [-0.15, -0.1) is 0 Å². The predicted molar refractivity (Wildman–Crippen MR) is 107 cm³/mol. The van der Waals surface area contributed by atoms with Crippen LogP contribution in [0.25, 0.3) is 0 Å². The van der Waals surface area contributed by atoms with E-state index in [-0.39, 0.29) is 12.5 Å². The Morgan fingerprint density at radius 3 is 2.63 bits per heavy atom. The number of hydrogen-bond acceptors (Lipinski definition) is 4. The van der Waals surface area contributed by atoms with Gasteiger partial charge >= 0.3 is 0 Å². The van der Waals surface area contributed by atoms with Gasteiger partial charge in [0, 0.05) is 33.6 Å². The molecule has 2 rings (SSSR count). The van der Waals surface area contributed by atoms with Crippen molar-refractivity contribution in [2.75, 3.05) is 40.3 Å². The van der Waals surface area contributed by atoms with E-state index in [0.717, 1.165) is 12.2 Å². The van der Waals surface area contributed by atoms with Crippen LogP contribution < -0.4 is 10.6 Å². The third kappa shape index (κ3) is 8.95. The first-order valence-corrected chi connectivity index (χ1v) is 10.0. The molecule has 7 heteroatoms. The average Bonchev–Trinajstić information content (AvgIpc) is 3.04. The van der Waals surface area contributed by atoms with Gasteiger partial charge in [0.05, 0.1) is 19.0 Å². The van der Waals surface area contributed by atoms with Crippen molar-refractivity contribution in [3.05, 3.63) is 24.2 Å². The first kappa shape index (κ1) is 21.3. The molecular weight excluding hydrogens is 344 g/mol. The van der Waals surface area contributed by atoms with E-state index in [1.165, 1.54) is 38.5 Å². The van der Waals surface area contributed by atoms with Crippen molar-refractivity contribution in [3.8, 4) is 0 Å². The number of ether oxygens (including phenoxy) is 1. The lowest BCUT2D eigenvalue weighted by Gasteiger charge is -2.17. The van der Waals surface area contributed by atoms with E-state index in [0.29, 0.717) is 31.8 Å². The molecule has 0 radical (unpaired) electrons. The topological polar surface area (TPSA) is 79.1 Å². The molecule has 1 heterocycles. The van der Waals surface area contributed by atoms with Gasteiger partial charge in [-0.05, 0) is 25.0 Å². The van der Waals surface area contributed by atoms with Gasteiger partial charge in [0.1, 0.15) is 12.3 Å². The Balaban J connectivity index is 1.73. The first-order chi connectivity index (χ1) is 13.1. The molecule has 0 atom stereocenters. The molecule has 1 saturated carbocycles. The fourth-order valence-corrected chi connectivity index (χ4v) is 3.02. The van der Waals surface area contributed by atoms with Crippen molar-refractivity contribution < 1.29 is 13.9 Å². The van der Waals surface area contributed by atoms with Gasteiger partial charge in [-0.2, -0.15) is 0 Å². The summed E-state index contributed by atoms with van der Waals surface area (Å²) in [4.78, 5) is 17.7. The van der Waals surface area contributed by atoms with Crippen LogP contribution in [-0.2, 0) is 16.0 Å². The maximum Gasteiger partial charge on any atom is 0.243 e. The largest absolute Gasteiger partial charge is 0.469 e. The highest BCUT2D eigenvalue weighted by Gasteiger charge is 2.12. The molecule has 2 N–H and O–H groups in total. The number of carbonyl (C=O) groups is 1. The molecule has 0 bridgehead atoms. The highest BCUT2D eigenvalue weighted by Crippen LogP contribution is 2.19. The van der Waals surface area contributed by atoms with Crippen molar-refractivity contribution in [1.29, 1.82) is 0 Å². The second kappa shape index (κ2) is 12.4. The summed E-state index contributed by atoms with van der Waals surface area (Å²) in [6.07, 6.45) is 10.3. The Kier molecular flexibility index (Phi) is 9.76. The van der Waals surface area contributed by atoms with E-state index in [2.05, 4.69) is 15.6 Å². The first-order valence-electron chi connectivity index (χ1n) is 10.0. The molecular formula is C20H34N4O3. The number of nitrogens with one attached hydrogen (secondary N) is 2. The number of rotatable bonds is 9. The minimum atomic E-state index is -0.0307. The fraction of sp³-hybridized carbons (Fsp3) is 0.700. The number of aliphatic imine (C=N–C) groups is 1. The van der Waals surface area contributed by atoms with Gasteiger partial charge < -0.3 is 24.7 Å². The van der Waals surface area contributed by atoms with Crippen LogP contribution in [0, 0.1) is 0 Å². The van der Waals surface area contributed by atoms with E-state index in [4.69, 9.17) is 9.15 Å². The molecule has 0 aromatic carbocycles. The lowest BCUT2D eigenvalue weighted by Crippen LogP contribution is -2.41. The van der Waals surface area contributed by atoms with Gasteiger partial charge in [-0.3, -0.25) is 4.79 Å². The zero-order valence-corrected chi connectivity index (χ0v) is 16.7. The maximum absolute atomic E-state index is 11.8. The second-order valence-electron chi connectivity index (χ2n) is 7.12. The number of hydrogen-bond donors (Lipinski definition) is 2. The number of carbonyl (C=O) groups excluding carboxylic acids is 1. The molecule has 1 aromatic heterocycles. The summed E-state index contributed by atoms with van der Waals surface area (Å²) in [6.45, 7) is 2.11. The lowest BCUT2D eigenvalue weighted by atomic mass is 10.1. The fourth-order valence-electron chi connectivity index (χ4n) is 3.02. The van der Waals surface area contributed by atoms with E-state index in [1.54, 1.807) is 25.3 Å². The van der Waals surface area contributed by atoms with E-state index in [1.807, 2.05) is 12.1 Å². The number of nitrogens with zero attached hydrogens (tertiary/aromatic N) is 2. The number of likely N-dealkylation sites (N-methyl/N-ethyl adjacent to an activating group) is 1. The van der Waals surface area contributed by atoms with Crippen LogP contribution in [0.1, 0.15) is 44.3 Å².